The number of aliphatic hydroxyl groups is 1. The van der Waals surface area contributed by atoms with Crippen LogP contribution in [0.4, 0.5) is 0 Å². The van der Waals surface area contributed by atoms with Gasteiger partial charge in [-0.25, -0.2) is 0 Å². The van der Waals surface area contributed by atoms with Gasteiger partial charge in [-0.3, -0.25) is 4.79 Å². The lowest BCUT2D eigenvalue weighted by molar-refractivity contribution is -0.121. The molecule has 1 saturated carbocycles. The van der Waals surface area contributed by atoms with Crippen molar-refractivity contribution in [2.24, 2.45) is 5.92 Å². The molecule has 1 aromatic carbocycles. The van der Waals surface area contributed by atoms with Gasteiger partial charge in [0, 0.05) is 13.0 Å². The topological polar surface area (TPSA) is 49.3 Å². The van der Waals surface area contributed by atoms with E-state index in [0.717, 1.165) is 32.2 Å². The molecule has 1 aliphatic rings. The van der Waals surface area contributed by atoms with E-state index in [4.69, 9.17) is 5.11 Å². The van der Waals surface area contributed by atoms with Gasteiger partial charge in [-0.05, 0) is 37.2 Å². The Labute approximate surface area is 108 Å². The van der Waals surface area contributed by atoms with E-state index in [1.54, 1.807) is 0 Å². The van der Waals surface area contributed by atoms with Gasteiger partial charge in [-0.15, -0.1) is 0 Å². The van der Waals surface area contributed by atoms with Crippen molar-refractivity contribution in [2.75, 3.05) is 6.54 Å². The third-order valence-electron chi connectivity index (χ3n) is 3.51. The number of aryl methyl sites for hydroxylation is 1. The Bertz CT molecular complexity index is 371. The highest BCUT2D eigenvalue weighted by Gasteiger charge is 2.26. The predicted molar refractivity (Wildman–Crippen MR) is 71.1 cm³/mol. The summed E-state index contributed by atoms with van der Waals surface area (Å²) in [4.78, 5) is 11.6. The van der Waals surface area contributed by atoms with E-state index < -0.39 is 0 Å². The van der Waals surface area contributed by atoms with Crippen LogP contribution in [0.5, 0.6) is 0 Å². The van der Waals surface area contributed by atoms with Gasteiger partial charge in [0.05, 0.1) is 6.10 Å². The molecule has 0 radical (unpaired) electrons. The average Bonchev–Trinajstić information content (AvgIpc) is 2.34. The Morgan fingerprint density at radius 2 is 2.00 bits per heavy atom. The van der Waals surface area contributed by atoms with Crippen molar-refractivity contribution in [3.63, 3.8) is 0 Å². The van der Waals surface area contributed by atoms with Crippen LogP contribution in [-0.2, 0) is 11.2 Å². The fraction of sp³-hybridized carbons (Fsp3) is 0.533. The summed E-state index contributed by atoms with van der Waals surface area (Å²) >= 11 is 0. The Morgan fingerprint density at radius 1 is 1.28 bits per heavy atom. The highest BCUT2D eigenvalue weighted by atomic mass is 16.3. The molecule has 2 rings (SSSR count). The molecule has 0 saturated heterocycles. The second kappa shape index (κ2) is 6.55. The van der Waals surface area contributed by atoms with Crippen molar-refractivity contribution in [3.8, 4) is 0 Å². The second-order valence-electron chi connectivity index (χ2n) is 5.13. The van der Waals surface area contributed by atoms with Crippen LogP contribution in [0.15, 0.2) is 30.3 Å². The van der Waals surface area contributed by atoms with Crippen LogP contribution < -0.4 is 5.32 Å². The third-order valence-corrected chi connectivity index (χ3v) is 3.51. The molecule has 2 N–H and O–H groups in total. The maximum atomic E-state index is 11.6. The van der Waals surface area contributed by atoms with E-state index in [1.807, 2.05) is 18.2 Å². The van der Waals surface area contributed by atoms with Crippen LogP contribution in [0, 0.1) is 5.92 Å². The standard InChI is InChI=1S/C15H21NO2/c17-14-9-13(10-14)11-16-15(18)8-4-7-12-5-2-1-3-6-12/h1-3,5-6,13-14,17H,4,7-11H2,(H,16,18). The van der Waals surface area contributed by atoms with Crippen molar-refractivity contribution >= 4 is 5.91 Å². The van der Waals surface area contributed by atoms with Gasteiger partial charge in [-0.2, -0.15) is 0 Å². The molecule has 0 spiro atoms. The summed E-state index contributed by atoms with van der Waals surface area (Å²) in [6, 6.07) is 10.2. The molecule has 18 heavy (non-hydrogen) atoms. The SMILES string of the molecule is O=C(CCCc1ccccc1)NCC1CC(O)C1. The number of aliphatic hydroxyl groups excluding tert-OH is 1. The van der Waals surface area contributed by atoms with Crippen molar-refractivity contribution in [1.29, 1.82) is 0 Å². The molecule has 1 aliphatic carbocycles. The van der Waals surface area contributed by atoms with Crippen LogP contribution >= 0.6 is 0 Å². The Kier molecular flexibility index (Phi) is 4.76. The number of amides is 1. The first-order valence-corrected chi connectivity index (χ1v) is 6.72. The predicted octanol–water partition coefficient (Wildman–Crippen LogP) is 1.90. The molecule has 1 fully saturated rings. The average molecular weight is 247 g/mol. The van der Waals surface area contributed by atoms with Crippen molar-refractivity contribution in [2.45, 2.75) is 38.2 Å². The van der Waals surface area contributed by atoms with E-state index in [1.165, 1.54) is 5.56 Å². The summed E-state index contributed by atoms with van der Waals surface area (Å²) in [5, 5.41) is 12.1. The van der Waals surface area contributed by atoms with Crippen LogP contribution in [0.25, 0.3) is 0 Å². The largest absolute Gasteiger partial charge is 0.393 e. The summed E-state index contributed by atoms with van der Waals surface area (Å²) < 4.78 is 0. The lowest BCUT2D eigenvalue weighted by Gasteiger charge is -2.31. The molecule has 0 unspecified atom stereocenters. The van der Waals surface area contributed by atoms with Crippen molar-refractivity contribution in [3.05, 3.63) is 35.9 Å². The number of hydrogen-bond donors (Lipinski definition) is 2. The number of benzene rings is 1. The summed E-state index contributed by atoms with van der Waals surface area (Å²) in [5.74, 6) is 0.616. The first kappa shape index (κ1) is 13.1. The molecule has 1 amide bonds. The molecule has 0 aliphatic heterocycles. The van der Waals surface area contributed by atoms with Crippen LogP contribution in [0.3, 0.4) is 0 Å². The number of hydrogen-bond acceptors (Lipinski definition) is 2. The lowest BCUT2D eigenvalue weighted by Crippen LogP contribution is -2.38. The summed E-state index contributed by atoms with van der Waals surface area (Å²) in [6.07, 6.45) is 3.98. The fourth-order valence-corrected chi connectivity index (χ4v) is 2.31. The number of carbonyl (C=O) groups is 1. The van der Waals surface area contributed by atoms with E-state index in [-0.39, 0.29) is 12.0 Å². The van der Waals surface area contributed by atoms with E-state index in [9.17, 15) is 4.79 Å². The molecule has 98 valence electrons. The number of rotatable bonds is 6. The normalized spacial score (nSPS) is 22.3. The van der Waals surface area contributed by atoms with Crippen LogP contribution in [0.2, 0.25) is 0 Å². The fourth-order valence-electron chi connectivity index (χ4n) is 2.31. The molecular weight excluding hydrogens is 226 g/mol. The molecule has 0 atom stereocenters. The van der Waals surface area contributed by atoms with Gasteiger partial charge in [-0.1, -0.05) is 30.3 Å². The minimum Gasteiger partial charge on any atom is -0.393 e. The number of carbonyl (C=O) groups excluding carboxylic acids is 1. The smallest absolute Gasteiger partial charge is 0.220 e. The molecule has 3 heteroatoms. The highest BCUT2D eigenvalue weighted by Crippen LogP contribution is 2.26. The minimum atomic E-state index is -0.134. The summed E-state index contributed by atoms with van der Waals surface area (Å²) in [7, 11) is 0. The maximum Gasteiger partial charge on any atom is 0.220 e. The van der Waals surface area contributed by atoms with E-state index in [0.29, 0.717) is 12.3 Å². The molecule has 0 bridgehead atoms. The van der Waals surface area contributed by atoms with Crippen molar-refractivity contribution in [1.82, 2.24) is 5.32 Å². The van der Waals surface area contributed by atoms with Gasteiger partial charge in [0.15, 0.2) is 0 Å². The summed E-state index contributed by atoms with van der Waals surface area (Å²) in [6.45, 7) is 0.723. The van der Waals surface area contributed by atoms with Crippen molar-refractivity contribution < 1.29 is 9.90 Å². The molecule has 1 aromatic rings. The van der Waals surface area contributed by atoms with Crippen LogP contribution in [0.1, 0.15) is 31.2 Å². The molecular formula is C15H21NO2. The monoisotopic (exact) mass is 247 g/mol. The van der Waals surface area contributed by atoms with Gasteiger partial charge in [0.2, 0.25) is 5.91 Å². The van der Waals surface area contributed by atoms with Gasteiger partial charge in [0.25, 0.3) is 0 Å². The Morgan fingerprint density at radius 3 is 2.67 bits per heavy atom. The van der Waals surface area contributed by atoms with E-state index in [2.05, 4.69) is 17.4 Å². The number of nitrogens with one attached hydrogen (secondary N) is 1. The van der Waals surface area contributed by atoms with Crippen LogP contribution in [-0.4, -0.2) is 23.7 Å². The quantitative estimate of drug-likeness (QED) is 0.806. The molecule has 3 nitrogen and oxygen atoms in total. The Balaban J connectivity index is 1.55. The van der Waals surface area contributed by atoms with E-state index >= 15 is 0 Å². The first-order chi connectivity index (χ1) is 8.74. The lowest BCUT2D eigenvalue weighted by atomic mass is 9.82. The molecule has 0 heterocycles. The highest BCUT2D eigenvalue weighted by molar-refractivity contribution is 5.75. The minimum absolute atomic E-state index is 0.132. The third kappa shape index (κ3) is 4.15. The summed E-state index contributed by atoms with van der Waals surface area (Å²) in [5.41, 5.74) is 1.28. The zero-order chi connectivity index (χ0) is 12.8. The second-order valence-corrected chi connectivity index (χ2v) is 5.13. The maximum absolute atomic E-state index is 11.6. The zero-order valence-electron chi connectivity index (χ0n) is 10.6. The van der Waals surface area contributed by atoms with Gasteiger partial charge < -0.3 is 10.4 Å². The Hall–Kier alpha value is -1.35. The molecule has 0 aromatic heterocycles. The zero-order valence-corrected chi connectivity index (χ0v) is 10.6. The van der Waals surface area contributed by atoms with Gasteiger partial charge in [0.1, 0.15) is 0 Å². The van der Waals surface area contributed by atoms with Gasteiger partial charge >= 0.3 is 0 Å². The first-order valence-electron chi connectivity index (χ1n) is 6.72.